The Kier molecular flexibility index (Phi) is 4.09. The number of nitro benzene ring substituents is 1. The molecule has 1 heterocycles. The third-order valence-corrected chi connectivity index (χ3v) is 5.05. The molecule has 110 valence electrons. The number of anilines is 2. The zero-order valence-corrected chi connectivity index (χ0v) is 11.5. The summed E-state index contributed by atoms with van der Waals surface area (Å²) in [5.74, 6) is 5.67. The molecule has 1 saturated heterocycles. The molecule has 0 aliphatic carbocycles. The second kappa shape index (κ2) is 5.63. The molecule has 0 aromatic heterocycles. The van der Waals surface area contributed by atoms with Gasteiger partial charge in [0, 0.05) is 24.4 Å². The molecular weight excluding hydrogens is 284 g/mol. The van der Waals surface area contributed by atoms with Gasteiger partial charge in [0.15, 0.2) is 9.84 Å². The van der Waals surface area contributed by atoms with Crippen molar-refractivity contribution >= 4 is 26.9 Å². The van der Waals surface area contributed by atoms with Crippen LogP contribution in [0.15, 0.2) is 18.2 Å². The quantitative estimate of drug-likeness (QED) is 0.415. The van der Waals surface area contributed by atoms with Gasteiger partial charge in [-0.2, -0.15) is 0 Å². The highest BCUT2D eigenvalue weighted by Gasteiger charge is 2.27. The van der Waals surface area contributed by atoms with Crippen molar-refractivity contribution in [2.75, 3.05) is 28.8 Å². The number of nitrogens with one attached hydrogen (secondary N) is 2. The maximum Gasteiger partial charge on any atom is 0.273 e. The van der Waals surface area contributed by atoms with Crippen LogP contribution in [0.2, 0.25) is 0 Å². The van der Waals surface area contributed by atoms with Crippen LogP contribution in [0.1, 0.15) is 6.42 Å². The Morgan fingerprint density at radius 1 is 1.35 bits per heavy atom. The van der Waals surface area contributed by atoms with E-state index in [1.54, 1.807) is 6.07 Å². The lowest BCUT2D eigenvalue weighted by atomic mass is 10.1. The van der Waals surface area contributed by atoms with Gasteiger partial charge in [0.05, 0.1) is 22.1 Å². The highest BCUT2D eigenvalue weighted by atomic mass is 32.2. The molecular formula is C11H16N4O4S. The van der Waals surface area contributed by atoms with Crippen molar-refractivity contribution in [3.63, 3.8) is 0 Å². The van der Waals surface area contributed by atoms with Crippen molar-refractivity contribution in [3.8, 4) is 0 Å². The van der Waals surface area contributed by atoms with Crippen molar-refractivity contribution in [3.05, 3.63) is 28.3 Å². The molecule has 0 saturated carbocycles. The fourth-order valence-electron chi connectivity index (χ4n) is 2.20. The molecule has 2 rings (SSSR count). The first-order chi connectivity index (χ1) is 9.39. The molecule has 8 nitrogen and oxygen atoms in total. The molecule has 4 N–H and O–H groups in total. The Bertz CT molecular complexity index is 617. The van der Waals surface area contributed by atoms with E-state index in [0.717, 1.165) is 0 Å². The number of rotatable bonds is 5. The van der Waals surface area contributed by atoms with Gasteiger partial charge in [0.25, 0.3) is 5.69 Å². The van der Waals surface area contributed by atoms with Gasteiger partial charge in [-0.1, -0.05) is 0 Å². The molecule has 1 fully saturated rings. The van der Waals surface area contributed by atoms with Crippen LogP contribution >= 0.6 is 0 Å². The molecule has 0 spiro atoms. The Morgan fingerprint density at radius 2 is 2.05 bits per heavy atom. The summed E-state index contributed by atoms with van der Waals surface area (Å²) in [6, 6.07) is 4.35. The highest BCUT2D eigenvalue weighted by Crippen LogP contribution is 2.25. The summed E-state index contributed by atoms with van der Waals surface area (Å²) < 4.78 is 22.7. The Morgan fingerprint density at radius 3 is 2.60 bits per heavy atom. The van der Waals surface area contributed by atoms with E-state index < -0.39 is 14.8 Å². The molecule has 1 aliphatic rings. The molecule has 0 amide bonds. The number of nitrogens with two attached hydrogens (primary N) is 1. The predicted octanol–water partition coefficient (Wildman–Crippen LogP) is 0.727. The maximum absolute atomic E-state index is 11.4. The first-order valence-electron chi connectivity index (χ1n) is 6.10. The van der Waals surface area contributed by atoms with Gasteiger partial charge in [-0.15, -0.1) is 0 Å². The van der Waals surface area contributed by atoms with E-state index >= 15 is 0 Å². The van der Waals surface area contributed by atoms with Gasteiger partial charge >= 0.3 is 0 Å². The Hall–Kier alpha value is -1.87. The number of hydrogen-bond donors (Lipinski definition) is 3. The minimum Gasteiger partial charge on any atom is -0.384 e. The first-order valence-corrected chi connectivity index (χ1v) is 7.92. The first kappa shape index (κ1) is 14.5. The summed E-state index contributed by atoms with van der Waals surface area (Å²) in [6.45, 7) is 0.463. The Labute approximate surface area is 116 Å². The number of nitrogen functional groups attached to an aromatic ring is 1. The van der Waals surface area contributed by atoms with Gasteiger partial charge < -0.3 is 10.7 Å². The average molecular weight is 300 g/mol. The van der Waals surface area contributed by atoms with Crippen LogP contribution in [0.25, 0.3) is 0 Å². The molecule has 1 aliphatic heterocycles. The third kappa shape index (κ3) is 3.58. The van der Waals surface area contributed by atoms with Gasteiger partial charge in [-0.05, 0) is 18.4 Å². The molecule has 20 heavy (non-hydrogen) atoms. The lowest BCUT2D eigenvalue weighted by Crippen LogP contribution is -2.16. The van der Waals surface area contributed by atoms with Crippen LogP contribution in [0.5, 0.6) is 0 Å². The minimum absolute atomic E-state index is 0.0357. The van der Waals surface area contributed by atoms with Crippen LogP contribution < -0.4 is 16.6 Å². The van der Waals surface area contributed by atoms with Gasteiger partial charge in [0.2, 0.25) is 0 Å². The number of hydrazine groups is 1. The summed E-state index contributed by atoms with van der Waals surface area (Å²) in [7, 11) is -2.91. The zero-order chi connectivity index (χ0) is 14.8. The topological polar surface area (TPSA) is 127 Å². The van der Waals surface area contributed by atoms with E-state index in [2.05, 4.69) is 10.7 Å². The number of benzene rings is 1. The highest BCUT2D eigenvalue weighted by molar-refractivity contribution is 7.91. The molecule has 1 unspecified atom stereocenters. The SMILES string of the molecule is NNc1cc(NCC2CCS(=O)(=O)C2)cc([N+](=O)[O-])c1. The van der Waals surface area contributed by atoms with E-state index in [4.69, 9.17) is 5.84 Å². The lowest BCUT2D eigenvalue weighted by Gasteiger charge is -2.12. The fraction of sp³-hybridized carbons (Fsp3) is 0.455. The number of nitrogens with zero attached hydrogens (tertiary/aromatic N) is 1. The summed E-state index contributed by atoms with van der Waals surface area (Å²) >= 11 is 0. The van der Waals surface area contributed by atoms with Crippen molar-refractivity contribution in [2.45, 2.75) is 6.42 Å². The van der Waals surface area contributed by atoms with E-state index in [1.807, 2.05) is 0 Å². The number of sulfone groups is 1. The molecule has 1 aromatic rings. The smallest absolute Gasteiger partial charge is 0.273 e. The predicted molar refractivity (Wildman–Crippen MR) is 76.2 cm³/mol. The minimum atomic E-state index is -2.91. The fourth-order valence-corrected chi connectivity index (χ4v) is 4.06. The van der Waals surface area contributed by atoms with Gasteiger partial charge in [-0.3, -0.25) is 16.0 Å². The monoisotopic (exact) mass is 300 g/mol. The second-order valence-corrected chi connectivity index (χ2v) is 7.05. The summed E-state index contributed by atoms with van der Waals surface area (Å²) in [5.41, 5.74) is 3.24. The number of nitro groups is 1. The molecule has 0 radical (unpaired) electrons. The van der Waals surface area contributed by atoms with Crippen molar-refractivity contribution in [2.24, 2.45) is 11.8 Å². The van der Waals surface area contributed by atoms with E-state index in [-0.39, 0.29) is 23.1 Å². The van der Waals surface area contributed by atoms with Crippen molar-refractivity contribution < 1.29 is 13.3 Å². The molecule has 0 bridgehead atoms. The number of hydrogen-bond acceptors (Lipinski definition) is 7. The molecule has 1 atom stereocenters. The standard InChI is InChI=1S/C11H16N4O4S/c12-14-10-3-9(4-11(5-10)15(16)17)13-6-8-1-2-20(18,19)7-8/h3-5,8,13-14H,1-2,6-7,12H2. The van der Waals surface area contributed by atoms with Gasteiger partial charge in [-0.25, -0.2) is 8.42 Å². The summed E-state index contributed by atoms with van der Waals surface area (Å²) in [6.07, 6.45) is 0.617. The Balaban J connectivity index is 2.06. The van der Waals surface area contributed by atoms with E-state index in [0.29, 0.717) is 24.3 Å². The molecule has 9 heteroatoms. The normalized spacial score (nSPS) is 20.6. The summed E-state index contributed by atoms with van der Waals surface area (Å²) in [5, 5.41) is 13.8. The largest absolute Gasteiger partial charge is 0.384 e. The summed E-state index contributed by atoms with van der Waals surface area (Å²) in [4.78, 5) is 10.3. The van der Waals surface area contributed by atoms with Crippen LogP contribution in [-0.2, 0) is 9.84 Å². The van der Waals surface area contributed by atoms with E-state index in [9.17, 15) is 18.5 Å². The maximum atomic E-state index is 11.4. The zero-order valence-electron chi connectivity index (χ0n) is 10.7. The second-order valence-electron chi connectivity index (χ2n) is 4.82. The number of non-ortho nitro benzene ring substituents is 1. The van der Waals surface area contributed by atoms with Crippen LogP contribution in [-0.4, -0.2) is 31.4 Å². The molecule has 1 aromatic carbocycles. The average Bonchev–Trinajstić information content (AvgIpc) is 2.75. The van der Waals surface area contributed by atoms with E-state index in [1.165, 1.54) is 12.1 Å². The van der Waals surface area contributed by atoms with Crippen LogP contribution in [0.4, 0.5) is 17.1 Å². The lowest BCUT2D eigenvalue weighted by molar-refractivity contribution is -0.384. The van der Waals surface area contributed by atoms with Gasteiger partial charge in [0.1, 0.15) is 0 Å². The van der Waals surface area contributed by atoms with Crippen molar-refractivity contribution in [1.82, 2.24) is 0 Å². The van der Waals surface area contributed by atoms with Crippen LogP contribution in [0, 0.1) is 16.0 Å². The third-order valence-electron chi connectivity index (χ3n) is 3.22. The van der Waals surface area contributed by atoms with Crippen molar-refractivity contribution in [1.29, 1.82) is 0 Å². The van der Waals surface area contributed by atoms with Crippen LogP contribution in [0.3, 0.4) is 0 Å².